The number of imidazole rings is 1. The topological polar surface area (TPSA) is 133 Å². The normalized spacial score (nSPS) is 19.7. The van der Waals surface area contributed by atoms with Crippen molar-refractivity contribution in [3.05, 3.63) is 41.4 Å². The van der Waals surface area contributed by atoms with Crippen LogP contribution in [0.25, 0.3) is 5.65 Å². The van der Waals surface area contributed by atoms with Crippen LogP contribution in [0.3, 0.4) is 0 Å². The van der Waals surface area contributed by atoms with E-state index in [1.165, 1.54) is 16.9 Å². The summed E-state index contributed by atoms with van der Waals surface area (Å²) in [6.07, 6.45) is -5.58. The number of nitrogens with one attached hydrogen (secondary N) is 1. The van der Waals surface area contributed by atoms with Gasteiger partial charge in [0, 0.05) is 19.3 Å². The van der Waals surface area contributed by atoms with Crippen LogP contribution in [0.15, 0.2) is 18.5 Å². The summed E-state index contributed by atoms with van der Waals surface area (Å²) in [4.78, 5) is 33.2. The van der Waals surface area contributed by atoms with Gasteiger partial charge in [0.15, 0.2) is 11.5 Å². The Bertz CT molecular complexity index is 1510. The molecular formula is C27H31F7N8O2. The standard InChI is InChI=1S/C27H31F7N8O2/c1-13(22(28)29)42-25(23(35)44)39-24(40-42)20(14-4-7-26(30,31)8-5-14)17-12-41-18(37-17)10-16(11-36-41)21(15-2-3-15)38-19(43)6-9-27(32,33)34/h10-15,20-22H,2-9H2,1H3,(H2,35,44)(H,38,43)/t13?,20-,21+/m0/s1. The van der Waals surface area contributed by atoms with Crippen LogP contribution in [-0.2, 0) is 4.79 Å². The van der Waals surface area contributed by atoms with Gasteiger partial charge in [0.1, 0.15) is 6.04 Å². The lowest BCUT2D eigenvalue weighted by Gasteiger charge is -2.31. The van der Waals surface area contributed by atoms with Gasteiger partial charge < -0.3 is 11.1 Å². The molecule has 0 aromatic carbocycles. The number of halogens is 7. The summed E-state index contributed by atoms with van der Waals surface area (Å²) in [7, 11) is 0. The van der Waals surface area contributed by atoms with Crippen LogP contribution in [0.2, 0.25) is 0 Å². The molecule has 10 nitrogen and oxygen atoms in total. The maximum absolute atomic E-state index is 14.1. The van der Waals surface area contributed by atoms with E-state index in [0.29, 0.717) is 11.3 Å². The third-order valence-electron chi connectivity index (χ3n) is 8.21. The Morgan fingerprint density at radius 1 is 1.11 bits per heavy atom. The molecule has 2 amide bonds. The molecule has 3 aromatic heterocycles. The molecule has 3 aromatic rings. The van der Waals surface area contributed by atoms with Crippen molar-refractivity contribution in [3.8, 4) is 0 Å². The number of carbonyl (C=O) groups excluding carboxylic acids is 2. The van der Waals surface area contributed by atoms with Crippen molar-refractivity contribution in [2.24, 2.45) is 17.6 Å². The molecule has 2 aliphatic rings. The minimum Gasteiger partial charge on any atom is -0.363 e. The number of primary amides is 1. The van der Waals surface area contributed by atoms with Crippen LogP contribution < -0.4 is 11.1 Å². The van der Waals surface area contributed by atoms with E-state index >= 15 is 0 Å². The first-order chi connectivity index (χ1) is 20.6. The van der Waals surface area contributed by atoms with E-state index < -0.39 is 85.8 Å². The predicted octanol–water partition coefficient (Wildman–Crippen LogP) is 5.11. The molecule has 2 aliphatic carbocycles. The number of nitrogens with two attached hydrogens (primary N) is 1. The van der Waals surface area contributed by atoms with Crippen molar-refractivity contribution in [1.82, 2.24) is 34.7 Å². The maximum Gasteiger partial charge on any atom is 0.389 e. The van der Waals surface area contributed by atoms with E-state index in [1.54, 1.807) is 6.07 Å². The molecule has 17 heteroatoms. The summed E-state index contributed by atoms with van der Waals surface area (Å²) in [5.74, 6) is -6.62. The van der Waals surface area contributed by atoms with Crippen molar-refractivity contribution in [3.63, 3.8) is 0 Å². The van der Waals surface area contributed by atoms with Crippen LogP contribution in [-0.4, -0.2) is 59.7 Å². The number of hydrogen-bond donors (Lipinski definition) is 2. The van der Waals surface area contributed by atoms with Crippen LogP contribution in [0.1, 0.15) is 104 Å². The molecule has 0 saturated heterocycles. The van der Waals surface area contributed by atoms with E-state index in [2.05, 4.69) is 25.5 Å². The molecule has 0 aliphatic heterocycles. The Balaban J connectivity index is 1.49. The smallest absolute Gasteiger partial charge is 0.363 e. The second kappa shape index (κ2) is 12.0. The summed E-state index contributed by atoms with van der Waals surface area (Å²) >= 11 is 0. The number of aromatic nitrogens is 6. The number of fused-ring (bicyclic) bond motifs is 1. The largest absolute Gasteiger partial charge is 0.389 e. The van der Waals surface area contributed by atoms with Crippen molar-refractivity contribution in [2.75, 3.05) is 0 Å². The van der Waals surface area contributed by atoms with Crippen molar-refractivity contribution in [2.45, 2.75) is 94.8 Å². The van der Waals surface area contributed by atoms with Gasteiger partial charge in [-0.3, -0.25) is 9.59 Å². The summed E-state index contributed by atoms with van der Waals surface area (Å²) in [5, 5.41) is 11.2. The van der Waals surface area contributed by atoms with Gasteiger partial charge in [0.05, 0.1) is 36.5 Å². The molecule has 3 N–H and O–H groups in total. The highest BCUT2D eigenvalue weighted by Gasteiger charge is 2.42. The lowest BCUT2D eigenvalue weighted by Crippen LogP contribution is -2.30. The monoisotopic (exact) mass is 632 g/mol. The molecule has 3 atom stereocenters. The summed E-state index contributed by atoms with van der Waals surface area (Å²) in [5.41, 5.74) is 6.51. The molecule has 3 heterocycles. The Labute approximate surface area is 246 Å². The number of amides is 2. The minimum atomic E-state index is -4.47. The number of rotatable bonds is 11. The lowest BCUT2D eigenvalue weighted by molar-refractivity contribution is -0.144. The van der Waals surface area contributed by atoms with Gasteiger partial charge in [0.2, 0.25) is 17.7 Å². The number of carbonyl (C=O) groups is 2. The van der Waals surface area contributed by atoms with Gasteiger partial charge in [-0.15, -0.1) is 0 Å². The Kier molecular flexibility index (Phi) is 8.59. The van der Waals surface area contributed by atoms with Crippen LogP contribution >= 0.6 is 0 Å². The van der Waals surface area contributed by atoms with Crippen LogP contribution in [0.4, 0.5) is 30.7 Å². The molecule has 1 unspecified atom stereocenters. The fourth-order valence-electron chi connectivity index (χ4n) is 5.64. The maximum atomic E-state index is 14.1. The van der Waals surface area contributed by atoms with Gasteiger partial charge in [-0.2, -0.15) is 23.4 Å². The van der Waals surface area contributed by atoms with Crippen LogP contribution in [0.5, 0.6) is 0 Å². The fraction of sp³-hybridized carbons (Fsp3) is 0.630. The van der Waals surface area contributed by atoms with Crippen molar-refractivity contribution in [1.29, 1.82) is 0 Å². The first-order valence-electron chi connectivity index (χ1n) is 14.3. The zero-order chi connectivity index (χ0) is 32.0. The Morgan fingerprint density at radius 3 is 2.39 bits per heavy atom. The zero-order valence-electron chi connectivity index (χ0n) is 23.6. The average Bonchev–Trinajstić information content (AvgIpc) is 3.55. The van der Waals surface area contributed by atoms with E-state index in [9.17, 15) is 40.3 Å². The van der Waals surface area contributed by atoms with E-state index in [4.69, 9.17) is 5.73 Å². The Hall–Kier alpha value is -3.79. The highest BCUT2D eigenvalue weighted by molar-refractivity contribution is 5.89. The van der Waals surface area contributed by atoms with Crippen molar-refractivity contribution < 1.29 is 40.3 Å². The highest BCUT2D eigenvalue weighted by Crippen LogP contribution is 2.45. The van der Waals surface area contributed by atoms with Gasteiger partial charge in [-0.1, -0.05) is 0 Å². The number of nitrogens with zero attached hydrogens (tertiary/aromatic N) is 6. The molecule has 2 fully saturated rings. The second-order valence-electron chi connectivity index (χ2n) is 11.6. The van der Waals surface area contributed by atoms with Gasteiger partial charge in [-0.25, -0.2) is 36.7 Å². The number of alkyl halides is 7. The molecule has 0 radical (unpaired) electrons. The van der Waals surface area contributed by atoms with Gasteiger partial charge >= 0.3 is 6.18 Å². The average molecular weight is 633 g/mol. The first-order valence-corrected chi connectivity index (χ1v) is 14.3. The first kappa shape index (κ1) is 31.6. The summed E-state index contributed by atoms with van der Waals surface area (Å²) < 4.78 is 95.3. The summed E-state index contributed by atoms with van der Waals surface area (Å²) in [6, 6.07) is -0.517. The van der Waals surface area contributed by atoms with Gasteiger partial charge in [0.25, 0.3) is 12.3 Å². The Morgan fingerprint density at radius 2 is 1.80 bits per heavy atom. The number of hydrogen-bond acceptors (Lipinski definition) is 6. The zero-order valence-corrected chi connectivity index (χ0v) is 23.6. The quantitative estimate of drug-likeness (QED) is 0.282. The fourth-order valence-corrected chi connectivity index (χ4v) is 5.64. The summed E-state index contributed by atoms with van der Waals surface area (Å²) in [6.45, 7) is 1.14. The highest BCUT2D eigenvalue weighted by atomic mass is 19.4. The lowest BCUT2D eigenvalue weighted by atomic mass is 9.77. The molecule has 5 rings (SSSR count). The molecule has 240 valence electrons. The SMILES string of the molecule is CC(C(F)F)n1nc([C@H](c2cn3ncc([C@H](NC(=O)CCC(F)(F)F)C4CC4)cc3n2)C2CCC(F)(F)CC2)nc1C(N)=O. The third-order valence-corrected chi connectivity index (χ3v) is 8.21. The molecule has 0 bridgehead atoms. The van der Waals surface area contributed by atoms with Crippen LogP contribution in [0, 0.1) is 11.8 Å². The molecule has 2 saturated carbocycles. The minimum absolute atomic E-state index is 0.0115. The van der Waals surface area contributed by atoms with E-state index in [1.807, 2.05) is 0 Å². The van der Waals surface area contributed by atoms with Gasteiger partial charge in [-0.05, 0) is 56.1 Å². The molecular weight excluding hydrogens is 601 g/mol. The predicted molar refractivity (Wildman–Crippen MR) is 140 cm³/mol. The van der Waals surface area contributed by atoms with Crippen molar-refractivity contribution >= 4 is 17.5 Å². The second-order valence-corrected chi connectivity index (χ2v) is 11.6. The van der Waals surface area contributed by atoms with E-state index in [0.717, 1.165) is 24.4 Å². The molecule has 0 spiro atoms. The third kappa shape index (κ3) is 7.12. The molecule has 44 heavy (non-hydrogen) atoms. The van der Waals surface area contributed by atoms with E-state index in [-0.39, 0.29) is 30.2 Å².